The first-order valence-electron chi connectivity index (χ1n) is 12.1. The van der Waals surface area contributed by atoms with E-state index in [4.69, 9.17) is 4.98 Å². The van der Waals surface area contributed by atoms with Crippen LogP contribution in [-0.4, -0.2) is 10.1 Å². The number of pyridine rings is 1. The Balaban J connectivity index is 1.86. The number of anilines is 1. The number of benzene rings is 3. The molecule has 0 unspecified atom stereocenters. The van der Waals surface area contributed by atoms with Gasteiger partial charge >= 0.3 is 0 Å². The van der Waals surface area contributed by atoms with Crippen LogP contribution in [-0.2, 0) is 0 Å². The fourth-order valence-corrected chi connectivity index (χ4v) is 4.45. The summed E-state index contributed by atoms with van der Waals surface area (Å²) >= 11 is 0. The van der Waals surface area contributed by atoms with E-state index in [-0.39, 0.29) is 11.8 Å². The number of aromatic nitrogens is 1. The standard InChI is InChI=1S/C31H34N2O/c1-20(2)24-13-9-14-25(21(3)4)31(24)33-30(23-11-7-6-8-12-23)28-16-10-15-27(32-28)26-19-22(5)17-18-29(26)34/h6-21,30,33-34H,1-5H3/t30-/m1/s1. The molecule has 0 saturated heterocycles. The van der Waals surface area contributed by atoms with Crippen LogP contribution in [0.3, 0.4) is 0 Å². The van der Waals surface area contributed by atoms with Crippen LogP contribution < -0.4 is 5.32 Å². The molecule has 0 amide bonds. The minimum Gasteiger partial charge on any atom is -0.507 e. The predicted octanol–water partition coefficient (Wildman–Crippen LogP) is 8.21. The molecule has 1 aromatic heterocycles. The summed E-state index contributed by atoms with van der Waals surface area (Å²) in [6.07, 6.45) is 0. The number of aromatic hydroxyl groups is 1. The molecule has 0 aliphatic carbocycles. The van der Waals surface area contributed by atoms with Gasteiger partial charge in [0.2, 0.25) is 0 Å². The lowest BCUT2D eigenvalue weighted by atomic mass is 9.91. The van der Waals surface area contributed by atoms with Crippen molar-refractivity contribution in [2.45, 2.75) is 52.5 Å². The monoisotopic (exact) mass is 450 g/mol. The van der Waals surface area contributed by atoms with Crippen LogP contribution in [0.25, 0.3) is 11.3 Å². The third kappa shape index (κ3) is 4.99. The van der Waals surface area contributed by atoms with Crippen molar-refractivity contribution >= 4 is 5.69 Å². The summed E-state index contributed by atoms with van der Waals surface area (Å²) in [6.45, 7) is 11.0. The molecule has 3 nitrogen and oxygen atoms in total. The van der Waals surface area contributed by atoms with Gasteiger partial charge in [-0.2, -0.15) is 0 Å². The van der Waals surface area contributed by atoms with E-state index in [2.05, 4.69) is 81.5 Å². The molecule has 2 N–H and O–H groups in total. The largest absolute Gasteiger partial charge is 0.507 e. The first-order valence-corrected chi connectivity index (χ1v) is 12.1. The van der Waals surface area contributed by atoms with Crippen molar-refractivity contribution in [1.82, 2.24) is 4.98 Å². The van der Waals surface area contributed by atoms with Crippen molar-refractivity contribution in [3.05, 3.63) is 113 Å². The van der Waals surface area contributed by atoms with Crippen LogP contribution in [0.1, 0.15) is 73.5 Å². The second kappa shape index (κ2) is 10.1. The lowest BCUT2D eigenvalue weighted by Crippen LogP contribution is -2.17. The highest BCUT2D eigenvalue weighted by molar-refractivity contribution is 5.68. The summed E-state index contributed by atoms with van der Waals surface area (Å²) in [4.78, 5) is 5.04. The van der Waals surface area contributed by atoms with E-state index in [1.54, 1.807) is 6.07 Å². The molecule has 4 aromatic rings. The summed E-state index contributed by atoms with van der Waals surface area (Å²) in [5, 5.41) is 14.4. The van der Waals surface area contributed by atoms with Gasteiger partial charge in [-0.05, 0) is 59.7 Å². The summed E-state index contributed by atoms with van der Waals surface area (Å²) in [5.41, 5.74) is 8.46. The Hall–Kier alpha value is -3.59. The Morgan fingerprint density at radius 1 is 0.735 bits per heavy atom. The van der Waals surface area contributed by atoms with Gasteiger partial charge in [-0.15, -0.1) is 0 Å². The summed E-state index contributed by atoms with van der Waals surface area (Å²) < 4.78 is 0. The third-order valence-corrected chi connectivity index (χ3v) is 6.29. The Morgan fingerprint density at radius 3 is 2.03 bits per heavy atom. The number of para-hydroxylation sites is 1. The number of rotatable bonds is 7. The van der Waals surface area contributed by atoms with Crippen molar-refractivity contribution in [2.24, 2.45) is 0 Å². The lowest BCUT2D eigenvalue weighted by Gasteiger charge is -2.27. The lowest BCUT2D eigenvalue weighted by molar-refractivity contribution is 0.477. The maximum absolute atomic E-state index is 10.5. The Labute approximate surface area is 203 Å². The van der Waals surface area contributed by atoms with Crippen molar-refractivity contribution < 1.29 is 5.11 Å². The zero-order chi connectivity index (χ0) is 24.2. The first kappa shape index (κ1) is 23.6. The molecule has 34 heavy (non-hydrogen) atoms. The van der Waals surface area contributed by atoms with Gasteiger partial charge in [0, 0.05) is 11.3 Å². The molecule has 1 heterocycles. The molecular formula is C31H34N2O. The predicted molar refractivity (Wildman–Crippen MR) is 143 cm³/mol. The van der Waals surface area contributed by atoms with Crippen LogP contribution in [0.15, 0.2) is 84.9 Å². The zero-order valence-electron chi connectivity index (χ0n) is 20.7. The summed E-state index contributed by atoms with van der Waals surface area (Å²) in [7, 11) is 0. The summed E-state index contributed by atoms with van der Waals surface area (Å²) in [5.74, 6) is 1.02. The van der Waals surface area contributed by atoms with Gasteiger partial charge in [0.05, 0.1) is 17.4 Å². The number of aryl methyl sites for hydroxylation is 1. The van der Waals surface area contributed by atoms with Gasteiger partial charge in [-0.25, -0.2) is 0 Å². The highest BCUT2D eigenvalue weighted by Crippen LogP contribution is 2.37. The molecule has 0 saturated carbocycles. The Morgan fingerprint density at radius 2 is 1.38 bits per heavy atom. The maximum atomic E-state index is 10.5. The second-order valence-electron chi connectivity index (χ2n) is 9.58. The normalized spacial score (nSPS) is 12.2. The topological polar surface area (TPSA) is 45.1 Å². The number of nitrogens with zero attached hydrogens (tertiary/aromatic N) is 1. The van der Waals surface area contributed by atoms with E-state index in [0.29, 0.717) is 11.8 Å². The summed E-state index contributed by atoms with van der Waals surface area (Å²) in [6, 6.07) is 28.6. The van der Waals surface area contributed by atoms with Crippen LogP contribution in [0, 0.1) is 6.92 Å². The second-order valence-corrected chi connectivity index (χ2v) is 9.58. The fraction of sp³-hybridized carbons (Fsp3) is 0.258. The minimum absolute atomic E-state index is 0.134. The van der Waals surface area contributed by atoms with Crippen LogP contribution in [0.2, 0.25) is 0 Å². The SMILES string of the molecule is Cc1ccc(O)c(-c2cccc([C@H](Nc3c(C(C)C)cccc3C(C)C)c3ccccc3)n2)c1. The molecule has 0 radical (unpaired) electrons. The molecule has 1 atom stereocenters. The van der Waals surface area contributed by atoms with E-state index in [1.165, 1.54) is 16.8 Å². The average molecular weight is 451 g/mol. The van der Waals surface area contributed by atoms with E-state index in [1.807, 2.05) is 37.3 Å². The van der Waals surface area contributed by atoms with Crippen molar-refractivity contribution in [1.29, 1.82) is 0 Å². The highest BCUT2D eigenvalue weighted by atomic mass is 16.3. The molecule has 4 rings (SSSR count). The maximum Gasteiger partial charge on any atom is 0.124 e. The van der Waals surface area contributed by atoms with Gasteiger partial charge in [-0.1, -0.05) is 93.9 Å². The number of phenols is 1. The zero-order valence-corrected chi connectivity index (χ0v) is 20.7. The van der Waals surface area contributed by atoms with Crippen molar-refractivity contribution in [2.75, 3.05) is 5.32 Å². The van der Waals surface area contributed by atoms with E-state index in [0.717, 1.165) is 28.1 Å². The molecule has 174 valence electrons. The van der Waals surface area contributed by atoms with E-state index in [9.17, 15) is 5.11 Å². The number of nitrogens with one attached hydrogen (secondary N) is 1. The van der Waals surface area contributed by atoms with Crippen molar-refractivity contribution in [3.63, 3.8) is 0 Å². The van der Waals surface area contributed by atoms with Gasteiger partial charge in [0.1, 0.15) is 5.75 Å². The molecular weight excluding hydrogens is 416 g/mol. The molecule has 0 bridgehead atoms. The molecule has 0 aliphatic heterocycles. The molecule has 0 aliphatic rings. The Bertz CT molecular complexity index is 1240. The molecule has 0 fully saturated rings. The fourth-order valence-electron chi connectivity index (χ4n) is 4.45. The molecule has 3 heteroatoms. The number of hydrogen-bond acceptors (Lipinski definition) is 3. The van der Waals surface area contributed by atoms with E-state index < -0.39 is 0 Å². The van der Waals surface area contributed by atoms with Gasteiger partial charge < -0.3 is 10.4 Å². The number of phenolic OH excluding ortho intramolecular Hbond substituents is 1. The van der Waals surface area contributed by atoms with Crippen molar-refractivity contribution in [3.8, 4) is 17.0 Å². The van der Waals surface area contributed by atoms with Gasteiger partial charge in [-0.3, -0.25) is 4.98 Å². The quantitative estimate of drug-likeness (QED) is 0.298. The van der Waals surface area contributed by atoms with Crippen LogP contribution in [0.4, 0.5) is 5.69 Å². The van der Waals surface area contributed by atoms with E-state index >= 15 is 0 Å². The average Bonchev–Trinajstić information content (AvgIpc) is 2.84. The molecule has 0 spiro atoms. The third-order valence-electron chi connectivity index (χ3n) is 6.29. The number of hydrogen-bond donors (Lipinski definition) is 2. The molecule has 3 aromatic carbocycles. The highest BCUT2D eigenvalue weighted by Gasteiger charge is 2.21. The van der Waals surface area contributed by atoms with Gasteiger partial charge in [0.25, 0.3) is 0 Å². The smallest absolute Gasteiger partial charge is 0.124 e. The Kier molecular flexibility index (Phi) is 7.02. The van der Waals surface area contributed by atoms with Crippen LogP contribution >= 0.6 is 0 Å². The minimum atomic E-state index is -0.134. The first-order chi connectivity index (χ1) is 16.3. The van der Waals surface area contributed by atoms with Crippen LogP contribution in [0.5, 0.6) is 5.75 Å². The van der Waals surface area contributed by atoms with Gasteiger partial charge in [0.15, 0.2) is 0 Å².